The fraction of sp³-hybridized carbons (Fsp3) is 0.647. The van der Waals surface area contributed by atoms with E-state index in [2.05, 4.69) is 48.3 Å². The Morgan fingerprint density at radius 3 is 2.95 bits per heavy atom. The van der Waals surface area contributed by atoms with E-state index in [-0.39, 0.29) is 12.7 Å². The minimum atomic E-state index is -0.0341. The Labute approximate surface area is 128 Å². The Hall–Kier alpha value is -0.940. The third-order valence-corrected chi connectivity index (χ3v) is 4.34. The van der Waals surface area contributed by atoms with E-state index in [1.165, 1.54) is 11.1 Å². The first kappa shape index (κ1) is 16.4. The van der Waals surface area contributed by atoms with Crippen LogP contribution in [0.5, 0.6) is 0 Å². The molecule has 1 aliphatic heterocycles. The summed E-state index contributed by atoms with van der Waals surface area (Å²) < 4.78 is 5.60. The zero-order valence-electron chi connectivity index (χ0n) is 13.4. The molecule has 21 heavy (non-hydrogen) atoms. The minimum absolute atomic E-state index is 0.0341. The van der Waals surface area contributed by atoms with Gasteiger partial charge < -0.3 is 15.2 Å². The van der Waals surface area contributed by atoms with Gasteiger partial charge in [-0.3, -0.25) is 4.90 Å². The molecule has 0 amide bonds. The first-order valence-corrected chi connectivity index (χ1v) is 7.84. The molecule has 3 atom stereocenters. The van der Waals surface area contributed by atoms with E-state index >= 15 is 0 Å². The molecule has 1 aliphatic rings. The number of hydrogen-bond donors (Lipinski definition) is 2. The van der Waals surface area contributed by atoms with Crippen molar-refractivity contribution in [2.45, 2.75) is 38.5 Å². The smallest absolute Gasteiger partial charge is 0.0933 e. The van der Waals surface area contributed by atoms with Gasteiger partial charge in [0.25, 0.3) is 0 Å². The van der Waals surface area contributed by atoms with Crippen molar-refractivity contribution in [2.24, 2.45) is 0 Å². The van der Waals surface area contributed by atoms with E-state index < -0.39 is 0 Å². The quantitative estimate of drug-likeness (QED) is 0.838. The molecule has 0 bridgehead atoms. The maximum Gasteiger partial charge on any atom is 0.0933 e. The van der Waals surface area contributed by atoms with Gasteiger partial charge in [-0.05, 0) is 32.9 Å². The second-order valence-corrected chi connectivity index (χ2v) is 6.03. The summed E-state index contributed by atoms with van der Waals surface area (Å²) in [6, 6.07) is 9.48. The Kier molecular flexibility index (Phi) is 6.18. The predicted octanol–water partition coefficient (Wildman–Crippen LogP) is 1.73. The van der Waals surface area contributed by atoms with Crippen LogP contribution >= 0.6 is 0 Å². The highest BCUT2D eigenvalue weighted by Gasteiger charge is 2.25. The van der Waals surface area contributed by atoms with Gasteiger partial charge in [0.2, 0.25) is 0 Å². The molecule has 118 valence electrons. The zero-order chi connectivity index (χ0) is 15.2. The highest BCUT2D eigenvalue weighted by atomic mass is 16.5. The van der Waals surface area contributed by atoms with Crippen molar-refractivity contribution in [3.63, 3.8) is 0 Å². The number of morpholine rings is 1. The molecule has 1 aromatic rings. The second kappa shape index (κ2) is 7.90. The minimum Gasteiger partial charge on any atom is -0.394 e. The lowest BCUT2D eigenvalue weighted by atomic mass is 10.0. The number of aryl methyl sites for hydroxylation is 1. The first-order valence-electron chi connectivity index (χ1n) is 7.84. The van der Waals surface area contributed by atoms with Crippen LogP contribution in [0.4, 0.5) is 0 Å². The summed E-state index contributed by atoms with van der Waals surface area (Å²) in [4.78, 5) is 2.42. The van der Waals surface area contributed by atoms with Crippen LogP contribution in [-0.4, -0.2) is 55.5 Å². The predicted molar refractivity (Wildman–Crippen MR) is 85.5 cm³/mol. The molecule has 0 saturated carbocycles. The van der Waals surface area contributed by atoms with Gasteiger partial charge in [0.15, 0.2) is 0 Å². The Morgan fingerprint density at radius 1 is 1.48 bits per heavy atom. The number of ether oxygens (including phenoxy) is 1. The highest BCUT2D eigenvalue weighted by Crippen LogP contribution is 2.20. The molecular formula is C17H28N2O2. The van der Waals surface area contributed by atoms with Gasteiger partial charge in [-0.2, -0.15) is 0 Å². The molecule has 2 N–H and O–H groups in total. The van der Waals surface area contributed by atoms with E-state index in [0.29, 0.717) is 18.7 Å². The van der Waals surface area contributed by atoms with Crippen LogP contribution in [0.1, 0.15) is 30.5 Å². The Bertz CT molecular complexity index is 439. The normalized spacial score (nSPS) is 25.0. The molecule has 3 unspecified atom stereocenters. The fourth-order valence-corrected chi connectivity index (χ4v) is 2.96. The number of nitrogens with zero attached hydrogens (tertiary/aromatic N) is 1. The van der Waals surface area contributed by atoms with Gasteiger partial charge in [0, 0.05) is 25.2 Å². The number of rotatable bonds is 6. The van der Waals surface area contributed by atoms with Crippen LogP contribution in [0, 0.1) is 6.92 Å². The van der Waals surface area contributed by atoms with Crippen molar-refractivity contribution in [2.75, 3.05) is 33.4 Å². The number of hydrogen-bond acceptors (Lipinski definition) is 4. The summed E-state index contributed by atoms with van der Waals surface area (Å²) in [5.41, 5.74) is 2.64. The lowest BCUT2D eigenvalue weighted by Gasteiger charge is -2.38. The Balaban J connectivity index is 1.93. The molecule has 4 nitrogen and oxygen atoms in total. The summed E-state index contributed by atoms with van der Waals surface area (Å²) in [7, 11) is 2.02. The number of nitrogens with one attached hydrogen (secondary N) is 1. The summed E-state index contributed by atoms with van der Waals surface area (Å²) in [6.07, 6.45) is 1.02. The van der Waals surface area contributed by atoms with Gasteiger partial charge in [0.05, 0.1) is 19.3 Å². The molecule has 4 heteroatoms. The van der Waals surface area contributed by atoms with Crippen molar-refractivity contribution in [1.82, 2.24) is 10.2 Å². The molecule has 0 spiro atoms. The molecule has 0 aromatic heterocycles. The van der Waals surface area contributed by atoms with Crippen molar-refractivity contribution in [1.29, 1.82) is 0 Å². The number of aliphatic hydroxyl groups is 1. The lowest BCUT2D eigenvalue weighted by Crippen LogP contribution is -2.50. The van der Waals surface area contributed by atoms with Crippen LogP contribution in [-0.2, 0) is 4.74 Å². The lowest BCUT2D eigenvalue weighted by molar-refractivity contribution is -0.0783. The average Bonchev–Trinajstić information content (AvgIpc) is 2.49. The fourth-order valence-electron chi connectivity index (χ4n) is 2.96. The van der Waals surface area contributed by atoms with Gasteiger partial charge in [0.1, 0.15) is 0 Å². The van der Waals surface area contributed by atoms with Gasteiger partial charge in [-0.25, -0.2) is 0 Å². The van der Waals surface area contributed by atoms with Crippen molar-refractivity contribution >= 4 is 0 Å². The summed E-state index contributed by atoms with van der Waals surface area (Å²) in [5, 5.41) is 12.7. The summed E-state index contributed by atoms with van der Waals surface area (Å²) in [6.45, 7) is 6.97. The molecule has 1 aromatic carbocycles. The van der Waals surface area contributed by atoms with Crippen LogP contribution in [0.25, 0.3) is 0 Å². The van der Waals surface area contributed by atoms with E-state index in [1.54, 1.807) is 0 Å². The Morgan fingerprint density at radius 2 is 2.29 bits per heavy atom. The molecule has 0 radical (unpaired) electrons. The van der Waals surface area contributed by atoms with Crippen molar-refractivity contribution in [3.8, 4) is 0 Å². The third kappa shape index (κ3) is 4.51. The van der Waals surface area contributed by atoms with Crippen LogP contribution < -0.4 is 5.32 Å². The van der Waals surface area contributed by atoms with Gasteiger partial charge >= 0.3 is 0 Å². The first-order chi connectivity index (χ1) is 10.1. The average molecular weight is 292 g/mol. The topological polar surface area (TPSA) is 44.7 Å². The molecule has 1 saturated heterocycles. The van der Waals surface area contributed by atoms with Gasteiger partial charge in [-0.15, -0.1) is 0 Å². The van der Waals surface area contributed by atoms with Crippen molar-refractivity contribution in [3.05, 3.63) is 35.4 Å². The molecule has 1 heterocycles. The van der Waals surface area contributed by atoms with E-state index in [9.17, 15) is 5.11 Å². The van der Waals surface area contributed by atoms with E-state index in [0.717, 1.165) is 19.5 Å². The monoisotopic (exact) mass is 292 g/mol. The number of benzene rings is 1. The standard InChI is InChI=1S/C17H28N2O2/c1-13-5-4-6-15(9-13)17(18-3)7-8-19-10-16(11-20)21-12-14(19)2/h4-6,9,14,16-18,20H,7-8,10-12H2,1-3H3. The number of aliphatic hydroxyl groups excluding tert-OH is 1. The molecule has 2 rings (SSSR count). The van der Waals surface area contributed by atoms with Gasteiger partial charge in [-0.1, -0.05) is 29.8 Å². The third-order valence-electron chi connectivity index (χ3n) is 4.34. The summed E-state index contributed by atoms with van der Waals surface area (Å²) >= 11 is 0. The largest absolute Gasteiger partial charge is 0.394 e. The van der Waals surface area contributed by atoms with Crippen LogP contribution in [0.15, 0.2) is 24.3 Å². The van der Waals surface area contributed by atoms with E-state index in [4.69, 9.17) is 4.74 Å². The van der Waals surface area contributed by atoms with Crippen LogP contribution in [0.3, 0.4) is 0 Å². The maximum atomic E-state index is 9.26. The molecular weight excluding hydrogens is 264 g/mol. The van der Waals surface area contributed by atoms with E-state index in [1.807, 2.05) is 7.05 Å². The van der Waals surface area contributed by atoms with Crippen molar-refractivity contribution < 1.29 is 9.84 Å². The second-order valence-electron chi connectivity index (χ2n) is 6.03. The molecule has 1 fully saturated rings. The molecule has 0 aliphatic carbocycles. The highest BCUT2D eigenvalue weighted by molar-refractivity contribution is 5.25. The maximum absolute atomic E-state index is 9.26. The SMILES string of the molecule is CNC(CCN1CC(CO)OCC1C)c1cccc(C)c1. The van der Waals surface area contributed by atoms with Crippen LogP contribution in [0.2, 0.25) is 0 Å². The summed E-state index contributed by atoms with van der Waals surface area (Å²) in [5.74, 6) is 0. The zero-order valence-corrected chi connectivity index (χ0v) is 13.4.